The van der Waals surface area contributed by atoms with Gasteiger partial charge >= 0.3 is 0 Å². The Bertz CT molecular complexity index is 449. The number of aliphatic hydroxyl groups excluding tert-OH is 1. The minimum Gasteiger partial charge on any atom is -0.388 e. The molecule has 0 saturated carbocycles. The van der Waals surface area contributed by atoms with Crippen LogP contribution in [-0.2, 0) is 0 Å². The maximum atomic E-state index is 13.2. The average Bonchev–Trinajstić information content (AvgIpc) is 2.45. The molecule has 1 saturated heterocycles. The Hall–Kier alpha value is -1.04. The molecule has 1 aromatic carbocycles. The Labute approximate surface area is 125 Å². The number of aliphatic hydroxyl groups is 1. The predicted octanol–water partition coefficient (Wildman–Crippen LogP) is 2.41. The van der Waals surface area contributed by atoms with Crippen LogP contribution in [0.15, 0.2) is 18.2 Å². The Kier molecular flexibility index (Phi) is 5.67. The monoisotopic (exact) mass is 298 g/mol. The molecule has 2 rings (SSSR count). The van der Waals surface area contributed by atoms with Crippen molar-refractivity contribution in [3.8, 4) is 0 Å². The maximum Gasteiger partial charge on any atom is 0.126 e. The highest BCUT2D eigenvalue weighted by Crippen LogP contribution is 2.20. The SMILES string of the molecule is CCC1CN(CCC(O)c2cc(F)cc(F)c2)CCN1C. The van der Waals surface area contributed by atoms with Crippen LogP contribution in [0, 0.1) is 11.6 Å². The fourth-order valence-corrected chi connectivity index (χ4v) is 2.89. The summed E-state index contributed by atoms with van der Waals surface area (Å²) in [5.41, 5.74) is 0.314. The number of piperazine rings is 1. The number of halogens is 2. The quantitative estimate of drug-likeness (QED) is 0.904. The van der Waals surface area contributed by atoms with Gasteiger partial charge in [-0.25, -0.2) is 8.78 Å². The fourth-order valence-electron chi connectivity index (χ4n) is 2.89. The minimum absolute atomic E-state index is 0.314. The van der Waals surface area contributed by atoms with E-state index in [0.29, 0.717) is 18.0 Å². The van der Waals surface area contributed by atoms with Crippen LogP contribution in [0.4, 0.5) is 8.78 Å². The van der Waals surface area contributed by atoms with Crippen LogP contribution in [0.3, 0.4) is 0 Å². The van der Waals surface area contributed by atoms with E-state index in [1.807, 2.05) is 0 Å². The highest BCUT2D eigenvalue weighted by atomic mass is 19.1. The van der Waals surface area contributed by atoms with Crippen LogP contribution in [0.1, 0.15) is 31.4 Å². The normalized spacial score (nSPS) is 22.4. The number of likely N-dealkylation sites (N-methyl/N-ethyl adjacent to an activating group) is 1. The topological polar surface area (TPSA) is 26.7 Å². The summed E-state index contributed by atoms with van der Waals surface area (Å²) in [6, 6.07) is 3.77. The van der Waals surface area contributed by atoms with Crippen LogP contribution in [0.25, 0.3) is 0 Å². The first kappa shape index (κ1) is 16.3. The van der Waals surface area contributed by atoms with Gasteiger partial charge in [0.15, 0.2) is 0 Å². The molecule has 0 aromatic heterocycles. The molecule has 0 radical (unpaired) electrons. The molecule has 118 valence electrons. The average molecular weight is 298 g/mol. The highest BCUT2D eigenvalue weighted by Gasteiger charge is 2.23. The Balaban J connectivity index is 1.87. The van der Waals surface area contributed by atoms with Gasteiger partial charge < -0.3 is 14.9 Å². The molecule has 1 aliphatic rings. The zero-order valence-corrected chi connectivity index (χ0v) is 12.7. The van der Waals surface area contributed by atoms with Gasteiger partial charge in [0.1, 0.15) is 11.6 Å². The summed E-state index contributed by atoms with van der Waals surface area (Å²) < 4.78 is 26.3. The standard InChI is InChI=1S/C16H24F2N2O/c1-3-15-11-20(7-6-19(15)2)5-4-16(21)12-8-13(17)10-14(18)9-12/h8-10,15-16,21H,3-7,11H2,1-2H3. The van der Waals surface area contributed by atoms with Crippen LogP contribution >= 0.6 is 0 Å². The summed E-state index contributed by atoms with van der Waals surface area (Å²) in [6.45, 7) is 5.89. The van der Waals surface area contributed by atoms with Crippen molar-refractivity contribution in [2.45, 2.75) is 31.9 Å². The zero-order chi connectivity index (χ0) is 15.4. The van der Waals surface area contributed by atoms with Crippen molar-refractivity contribution in [3.63, 3.8) is 0 Å². The number of benzene rings is 1. The third-order valence-corrected chi connectivity index (χ3v) is 4.32. The van der Waals surface area contributed by atoms with E-state index < -0.39 is 17.7 Å². The first-order valence-corrected chi connectivity index (χ1v) is 7.56. The molecule has 1 aliphatic heterocycles. The van der Waals surface area contributed by atoms with Gasteiger partial charge in [0.2, 0.25) is 0 Å². The molecule has 1 heterocycles. The van der Waals surface area contributed by atoms with Crippen molar-refractivity contribution in [1.29, 1.82) is 0 Å². The first-order valence-electron chi connectivity index (χ1n) is 7.56. The smallest absolute Gasteiger partial charge is 0.126 e. The van der Waals surface area contributed by atoms with Crippen LogP contribution < -0.4 is 0 Å². The lowest BCUT2D eigenvalue weighted by atomic mass is 10.0. The Morgan fingerprint density at radius 2 is 1.90 bits per heavy atom. The summed E-state index contributed by atoms with van der Waals surface area (Å²) in [6.07, 6.45) is 0.767. The Morgan fingerprint density at radius 1 is 1.24 bits per heavy atom. The maximum absolute atomic E-state index is 13.2. The molecular formula is C16H24F2N2O. The van der Waals surface area contributed by atoms with Crippen molar-refractivity contribution >= 4 is 0 Å². The van der Waals surface area contributed by atoms with Gasteiger partial charge in [-0.3, -0.25) is 0 Å². The molecule has 21 heavy (non-hydrogen) atoms. The largest absolute Gasteiger partial charge is 0.388 e. The molecule has 2 unspecified atom stereocenters. The van der Waals surface area contributed by atoms with Gasteiger partial charge in [-0.15, -0.1) is 0 Å². The van der Waals surface area contributed by atoms with Gasteiger partial charge in [0.05, 0.1) is 6.10 Å². The van der Waals surface area contributed by atoms with Crippen LogP contribution in [-0.4, -0.2) is 54.2 Å². The van der Waals surface area contributed by atoms with Crippen molar-refractivity contribution in [3.05, 3.63) is 35.4 Å². The molecule has 3 nitrogen and oxygen atoms in total. The molecule has 5 heteroatoms. The molecule has 1 fully saturated rings. The second kappa shape index (κ2) is 7.29. The van der Waals surface area contributed by atoms with Crippen molar-refractivity contribution in [2.24, 2.45) is 0 Å². The second-order valence-electron chi connectivity index (χ2n) is 5.85. The van der Waals surface area contributed by atoms with Crippen molar-refractivity contribution in [1.82, 2.24) is 9.80 Å². The third kappa shape index (κ3) is 4.46. The van der Waals surface area contributed by atoms with E-state index in [0.717, 1.165) is 38.7 Å². The van der Waals surface area contributed by atoms with E-state index in [-0.39, 0.29) is 0 Å². The van der Waals surface area contributed by atoms with Gasteiger partial charge in [-0.05, 0) is 37.6 Å². The zero-order valence-electron chi connectivity index (χ0n) is 12.7. The van der Waals surface area contributed by atoms with E-state index in [1.165, 1.54) is 12.1 Å². The lowest BCUT2D eigenvalue weighted by Gasteiger charge is -2.39. The first-order chi connectivity index (χ1) is 9.99. The molecule has 1 N–H and O–H groups in total. The van der Waals surface area contributed by atoms with E-state index in [2.05, 4.69) is 23.8 Å². The summed E-state index contributed by atoms with van der Waals surface area (Å²) in [5.74, 6) is -1.29. The lowest BCUT2D eigenvalue weighted by molar-refractivity contribution is 0.0753. The molecular weight excluding hydrogens is 274 g/mol. The fraction of sp³-hybridized carbons (Fsp3) is 0.625. The minimum atomic E-state index is -0.824. The molecule has 2 atom stereocenters. The molecule has 0 bridgehead atoms. The number of rotatable bonds is 5. The summed E-state index contributed by atoms with van der Waals surface area (Å²) >= 11 is 0. The second-order valence-corrected chi connectivity index (χ2v) is 5.85. The third-order valence-electron chi connectivity index (χ3n) is 4.32. The van der Waals surface area contributed by atoms with Crippen molar-refractivity contribution in [2.75, 3.05) is 33.2 Å². The summed E-state index contributed by atoms with van der Waals surface area (Å²) in [7, 11) is 2.13. The van der Waals surface area contributed by atoms with Gasteiger partial charge in [0, 0.05) is 38.3 Å². The van der Waals surface area contributed by atoms with Crippen LogP contribution in [0.2, 0.25) is 0 Å². The van der Waals surface area contributed by atoms with Gasteiger partial charge in [-0.2, -0.15) is 0 Å². The highest BCUT2D eigenvalue weighted by molar-refractivity contribution is 5.20. The molecule has 0 amide bonds. The number of nitrogens with zero attached hydrogens (tertiary/aromatic N) is 2. The Morgan fingerprint density at radius 3 is 2.52 bits per heavy atom. The lowest BCUT2D eigenvalue weighted by Crippen LogP contribution is -2.51. The summed E-state index contributed by atoms with van der Waals surface area (Å²) in [4.78, 5) is 4.67. The molecule has 1 aromatic rings. The summed E-state index contributed by atoms with van der Waals surface area (Å²) in [5, 5.41) is 10.1. The molecule has 0 aliphatic carbocycles. The van der Waals surface area contributed by atoms with E-state index in [9.17, 15) is 13.9 Å². The van der Waals surface area contributed by atoms with Crippen LogP contribution in [0.5, 0.6) is 0 Å². The van der Waals surface area contributed by atoms with E-state index in [1.54, 1.807) is 0 Å². The molecule has 0 spiro atoms. The predicted molar refractivity (Wildman–Crippen MR) is 79.1 cm³/mol. The number of hydrogen-bond acceptors (Lipinski definition) is 3. The van der Waals surface area contributed by atoms with Crippen molar-refractivity contribution < 1.29 is 13.9 Å². The van der Waals surface area contributed by atoms with E-state index in [4.69, 9.17) is 0 Å². The van der Waals surface area contributed by atoms with E-state index >= 15 is 0 Å². The van der Waals surface area contributed by atoms with Gasteiger partial charge in [-0.1, -0.05) is 6.92 Å². The number of hydrogen-bond donors (Lipinski definition) is 1. The van der Waals surface area contributed by atoms with Gasteiger partial charge in [0.25, 0.3) is 0 Å².